The number of nitrogens with zero attached hydrogens (tertiary/aromatic N) is 3. The van der Waals surface area contributed by atoms with Gasteiger partial charge in [0, 0.05) is 64.5 Å². The molecule has 19 rings (SSSR count). The first kappa shape index (κ1) is 105. The fourth-order valence-electron chi connectivity index (χ4n) is 17.9. The number of halogens is 2. The summed E-state index contributed by atoms with van der Waals surface area (Å²) in [5, 5.41) is 0. The van der Waals surface area contributed by atoms with Crippen molar-refractivity contribution in [3.63, 3.8) is 0 Å². The van der Waals surface area contributed by atoms with Crippen molar-refractivity contribution < 1.29 is 35.7 Å². The van der Waals surface area contributed by atoms with Gasteiger partial charge in [0.25, 0.3) is 0 Å². The van der Waals surface area contributed by atoms with Gasteiger partial charge in [-0.05, 0) is 292 Å². The molecule has 0 aromatic heterocycles. The third kappa shape index (κ3) is 20.5. The van der Waals surface area contributed by atoms with Crippen LogP contribution in [-0.2, 0) is 45.2 Å². The Morgan fingerprint density at radius 1 is 0.278 bits per heavy atom. The van der Waals surface area contributed by atoms with Crippen LogP contribution < -0.4 is 20.2 Å². The number of hydrogen-bond donors (Lipinski definition) is 0. The van der Waals surface area contributed by atoms with Crippen LogP contribution in [0.4, 0.5) is 51.2 Å². The molecular weight excluding hydrogens is 2230 g/mol. The molecule has 133 heavy (non-hydrogen) atoms. The van der Waals surface area contributed by atoms with Gasteiger partial charge in [0.1, 0.15) is 0 Å². The Morgan fingerprint density at radius 2 is 0.496 bits per heavy atom. The predicted molar refractivity (Wildman–Crippen MR) is 638 cm³/mol. The molecule has 0 N–H and O–H groups in total. The first-order valence-corrected chi connectivity index (χ1v) is 85.7. The van der Waals surface area contributed by atoms with Gasteiger partial charge in [-0.1, -0.05) is 231 Å². The third-order valence-corrected chi connectivity index (χ3v) is 167. The minimum Gasteiger partial charge on any atom is -0.399 e. The van der Waals surface area contributed by atoms with E-state index >= 15 is 0 Å². The SMILES string of the molecule is CC1(C)c2ccccc2N(c2ccc(-c3ccc4c(c3)C(=O)c3cc(-c5ccc(N6c7ccccc7C(C)(C)c7ccccc76)cc5)ccc3S4(=O)=O)cc2)c2ccccc21.CC1(C)c2ccccc2N(c2ccc(B3OC(C)(C)C(C)(C)O3)cc2)c2ccccc21.O=C1c2cc(Br)ccc2S(=O)(=O)c2ccc(Br)cc21.PP(P)P(P(P)P)P(P(P(P)P)P(P)P)P(P(P)P)P(P)P. The van der Waals surface area contributed by atoms with E-state index in [9.17, 15) is 26.4 Å². The molecule has 0 spiro atoms. The minimum atomic E-state index is -3.94. The number of carbonyl (C=O) groups excluding carboxylic acids is 2. The van der Waals surface area contributed by atoms with Crippen molar-refractivity contribution in [1.29, 1.82) is 0 Å². The maximum absolute atomic E-state index is 14.4. The Hall–Kier alpha value is -1.10. The number of anilines is 9. The molecule has 13 aromatic rings. The molecule has 0 saturated carbocycles. The quantitative estimate of drug-likeness (QED) is 0.0718. The molecule has 1 fully saturated rings. The van der Waals surface area contributed by atoms with Gasteiger partial charge >= 0.3 is 7.12 Å². The van der Waals surface area contributed by atoms with Crippen LogP contribution in [0.25, 0.3) is 22.3 Å². The molecule has 6 heterocycles. The number of fused-ring (bicyclic) bond motifs is 10. The average molecular weight is 2330 g/mol. The second-order valence-electron chi connectivity index (χ2n) is 35.0. The monoisotopic (exact) mass is 2330 g/mol. The van der Waals surface area contributed by atoms with Crippen molar-refractivity contribution in [2.24, 2.45) is 0 Å². The molecule has 0 amide bonds. The molecule has 6 aliphatic rings. The summed E-state index contributed by atoms with van der Waals surface area (Å²) in [6.07, 6.45) is 0. The summed E-state index contributed by atoms with van der Waals surface area (Å²) in [6.45, 7) is 22.6. The lowest BCUT2D eigenvalue weighted by molar-refractivity contribution is 0.00578. The van der Waals surface area contributed by atoms with E-state index in [0.29, 0.717) is 8.95 Å². The highest BCUT2D eigenvalue weighted by molar-refractivity contribution is 9.38. The van der Waals surface area contributed by atoms with Gasteiger partial charge < -0.3 is 24.0 Å². The number of hydrogen-bond acceptors (Lipinski definition) is 11. The van der Waals surface area contributed by atoms with Crippen molar-refractivity contribution in [3.05, 3.63) is 356 Å². The van der Waals surface area contributed by atoms with Gasteiger partial charge in [-0.15, -0.1) is 107 Å². The zero-order valence-corrected chi connectivity index (χ0v) is 102. The van der Waals surface area contributed by atoms with Crippen LogP contribution in [0.15, 0.2) is 320 Å². The lowest BCUT2D eigenvalue weighted by Crippen LogP contribution is -2.41. The summed E-state index contributed by atoms with van der Waals surface area (Å²) in [6, 6.07) is 96.2. The molecule has 11 nitrogen and oxygen atoms in total. The van der Waals surface area contributed by atoms with Crippen LogP contribution >= 0.6 is 209 Å². The number of ketones is 2. The number of benzene rings is 13. The Kier molecular flexibility index (Phi) is 33.2. The molecule has 6 aliphatic heterocycles. The Morgan fingerprint density at radius 3 is 0.744 bits per heavy atom. The summed E-state index contributed by atoms with van der Waals surface area (Å²) in [5.74, 6) is -0.576. The molecule has 1 saturated heterocycles. The highest BCUT2D eigenvalue weighted by Gasteiger charge is 2.53. The molecule has 13 aromatic carbocycles. The van der Waals surface area contributed by atoms with Crippen LogP contribution in [0.3, 0.4) is 0 Å². The van der Waals surface area contributed by atoms with Crippen LogP contribution in [0, 0.1) is 0 Å². The first-order chi connectivity index (χ1) is 62.9. The maximum Gasteiger partial charge on any atom is 0.494 e. The normalized spacial score (nSPS) is 16.6. The van der Waals surface area contributed by atoms with Crippen LogP contribution in [0.5, 0.6) is 0 Å². The maximum atomic E-state index is 14.4. The van der Waals surface area contributed by atoms with E-state index in [4.69, 9.17) is 9.31 Å². The average Bonchev–Trinajstić information content (AvgIpc) is 1.62. The molecule has 0 aliphatic carbocycles. The lowest BCUT2D eigenvalue weighted by Gasteiger charge is -2.47. The third-order valence-electron chi connectivity index (χ3n) is 25.2. The van der Waals surface area contributed by atoms with E-state index < -0.39 is 19.7 Å². The highest BCUT2D eigenvalue weighted by atomic mass is 79.9. The summed E-state index contributed by atoms with van der Waals surface area (Å²) < 4.78 is 67.0. The van der Waals surface area contributed by atoms with Crippen molar-refractivity contribution in [2.75, 3.05) is 14.7 Å². The molecular formula is C95H102BBr2N3O8P22S2. The summed E-state index contributed by atoms with van der Waals surface area (Å²) >= 11 is 6.51. The Labute approximate surface area is 840 Å². The summed E-state index contributed by atoms with van der Waals surface area (Å²) in [5.41, 5.74) is 22.0. The predicted octanol–water partition coefficient (Wildman–Crippen LogP) is 35.8. The standard InChI is InChI=1S/C55H42N2O3S.C27H30BNO2.C13H6Br2O3S.H24P22/c1-54(2)43-13-5-9-17-47(43)56(48-18-10-6-14-44(48)54)39-27-21-35(22-28-39)37-25-31-51-41(33-37)53(58)42-34-38(26-32-52(42)61(51,59)60)36-23-29-40(30-24-36)57-49-19-11-7-15-45(49)55(3,4)46-16-8-12-20-50(46)57;1-25(2)21-11-7-9-13-23(21)29(24-14-10-8-12-22(24)25)20-17-15-19(16-18-20)28-30-26(3,4)27(5,6)31-28;14-7-1-3-11-9(5-7)13(16)10-6-8(15)2-4-12(10)19(11,17)18;1-13(2)19(14(3)4)22(20(15(5)6)16(7)8)21(17(9)10)18(11)12/h5-34H,1-4H3;7-18H,1-6H3;1-6H;1-12H2. The van der Waals surface area contributed by atoms with Gasteiger partial charge in [-0.2, -0.15) is 0 Å². The van der Waals surface area contributed by atoms with Crippen molar-refractivity contribution in [1.82, 2.24) is 0 Å². The lowest BCUT2D eigenvalue weighted by atomic mass is 9.73. The molecule has 12 atom stereocenters. The summed E-state index contributed by atoms with van der Waals surface area (Å²) in [4.78, 5) is 34.0. The Bertz CT molecular complexity index is 6450. The van der Waals surface area contributed by atoms with Crippen molar-refractivity contribution in [3.8, 4) is 22.3 Å². The zero-order valence-electron chi connectivity index (χ0n) is 74.4. The number of para-hydroxylation sites is 6. The van der Waals surface area contributed by atoms with E-state index in [1.165, 1.54) is 56.9 Å². The van der Waals surface area contributed by atoms with Gasteiger partial charge in [-0.25, -0.2) is 16.8 Å². The van der Waals surface area contributed by atoms with E-state index in [1.54, 1.807) is 60.7 Å². The largest absolute Gasteiger partial charge is 0.494 e. The second-order valence-corrected chi connectivity index (χ2v) is 128. The fraction of sp³-hybridized carbons (Fsp3) is 0.158. The topological polar surface area (TPSA) is 131 Å². The van der Waals surface area contributed by atoms with Crippen molar-refractivity contribution in [2.45, 2.75) is 116 Å². The van der Waals surface area contributed by atoms with Gasteiger partial charge in [-0.3, -0.25) is 9.59 Å². The smallest absolute Gasteiger partial charge is 0.399 e. The number of carbonyl (C=O) groups is 2. The number of rotatable bonds is 15. The van der Waals surface area contributed by atoms with Gasteiger partial charge in [0.2, 0.25) is 19.7 Å². The van der Waals surface area contributed by atoms with Crippen LogP contribution in [0.1, 0.15) is 134 Å². The van der Waals surface area contributed by atoms with Crippen LogP contribution in [0.2, 0.25) is 0 Å². The van der Waals surface area contributed by atoms with E-state index in [0.717, 1.165) is 67.5 Å². The van der Waals surface area contributed by atoms with Gasteiger partial charge in [0.05, 0.1) is 64.9 Å². The first-order valence-electron chi connectivity index (χ1n) is 42.0. The second kappa shape index (κ2) is 42.2. The summed E-state index contributed by atoms with van der Waals surface area (Å²) in [7, 11) is 30.3. The Balaban J connectivity index is 0.000000148. The molecule has 12 unspecified atom stereocenters. The number of sulfone groups is 2. The molecule has 0 bridgehead atoms. The van der Waals surface area contributed by atoms with E-state index in [-0.39, 0.29) is 158 Å². The molecule has 0 radical (unpaired) electrons. The molecule has 38 heteroatoms. The van der Waals surface area contributed by atoms with Crippen molar-refractivity contribution >= 4 is 304 Å². The van der Waals surface area contributed by atoms with E-state index in [2.05, 4.69) is 417 Å². The highest BCUT2D eigenvalue weighted by Crippen LogP contribution is 3.33. The van der Waals surface area contributed by atoms with Crippen LogP contribution in [-0.4, -0.2) is 46.7 Å². The molecule has 684 valence electrons. The minimum absolute atomic E-state index is 0.00720. The van der Waals surface area contributed by atoms with E-state index in [1.807, 2.05) is 24.3 Å². The zero-order chi connectivity index (χ0) is 95.4. The fourth-order valence-corrected chi connectivity index (χ4v) is 295. The van der Waals surface area contributed by atoms with Gasteiger partial charge in [0.15, 0.2) is 11.6 Å².